The zero-order chi connectivity index (χ0) is 31.3. The van der Waals surface area contributed by atoms with Gasteiger partial charge in [-0.2, -0.15) is 0 Å². The molecule has 11 aromatic rings. The Morgan fingerprint density at radius 3 is 1.85 bits per heavy atom. The zero-order valence-electron chi connectivity index (χ0n) is 25.6. The average molecular weight is 648 g/mol. The molecule has 4 aromatic heterocycles. The van der Waals surface area contributed by atoms with E-state index in [2.05, 4.69) is 156 Å². The van der Waals surface area contributed by atoms with E-state index in [0.717, 1.165) is 44.2 Å². The Labute approximate surface area is 283 Å². The molecule has 0 aliphatic carbocycles. The fourth-order valence-corrected chi connectivity index (χ4v) is 10.3. The lowest BCUT2D eigenvalue weighted by molar-refractivity contribution is 0.674. The smallest absolute Gasteiger partial charge is 0.161 e. The van der Waals surface area contributed by atoms with Gasteiger partial charge in [-0.05, 0) is 48.0 Å². The standard InChI is InChI=1S/C44H25NOS2/c1-2-12-26(13-3-1)45-36-21-7-4-15-33(36)42-40(45)35-20-10-17-29(41(35)46-42)32-25-24-28(39-34-16-6-9-23-38(34)48-44(32)39)31-19-11-18-30-27-14-5-8-22-37(27)47-43(30)31/h1-25H. The van der Waals surface area contributed by atoms with Crippen LogP contribution in [0.2, 0.25) is 0 Å². The lowest BCUT2D eigenvalue weighted by atomic mass is 9.93. The fraction of sp³-hybridized carbons (Fsp3) is 0. The van der Waals surface area contributed by atoms with Crippen molar-refractivity contribution in [1.29, 1.82) is 0 Å². The van der Waals surface area contributed by atoms with Gasteiger partial charge in [0.05, 0.1) is 5.52 Å². The van der Waals surface area contributed by atoms with Crippen LogP contribution in [0.1, 0.15) is 0 Å². The van der Waals surface area contributed by atoms with Crippen LogP contribution in [0.5, 0.6) is 0 Å². The van der Waals surface area contributed by atoms with E-state index < -0.39 is 0 Å². The summed E-state index contributed by atoms with van der Waals surface area (Å²) in [6, 6.07) is 54.9. The van der Waals surface area contributed by atoms with Crippen molar-refractivity contribution in [2.75, 3.05) is 0 Å². The molecule has 11 rings (SSSR count). The first-order chi connectivity index (χ1) is 23.8. The summed E-state index contributed by atoms with van der Waals surface area (Å²) < 4.78 is 14.6. The highest BCUT2D eigenvalue weighted by molar-refractivity contribution is 7.27. The molecule has 48 heavy (non-hydrogen) atoms. The number of hydrogen-bond acceptors (Lipinski definition) is 3. The number of benzene rings is 7. The monoisotopic (exact) mass is 647 g/mol. The molecule has 0 atom stereocenters. The third-order valence-electron chi connectivity index (χ3n) is 9.83. The van der Waals surface area contributed by atoms with Gasteiger partial charge in [0, 0.05) is 73.5 Å². The number of thiophene rings is 2. The normalized spacial score (nSPS) is 12.2. The van der Waals surface area contributed by atoms with Gasteiger partial charge in [0.25, 0.3) is 0 Å². The molecule has 0 radical (unpaired) electrons. The molecule has 0 fully saturated rings. The molecule has 0 aliphatic rings. The summed E-state index contributed by atoms with van der Waals surface area (Å²) in [6.45, 7) is 0. The van der Waals surface area contributed by atoms with E-state index >= 15 is 0 Å². The summed E-state index contributed by atoms with van der Waals surface area (Å²) in [4.78, 5) is 0. The molecule has 0 amide bonds. The van der Waals surface area contributed by atoms with E-state index in [-0.39, 0.29) is 0 Å². The highest BCUT2D eigenvalue weighted by Gasteiger charge is 2.23. The summed E-state index contributed by atoms with van der Waals surface area (Å²) in [5, 5.41) is 7.50. The van der Waals surface area contributed by atoms with Crippen LogP contribution in [0.25, 0.3) is 101 Å². The predicted molar refractivity (Wildman–Crippen MR) is 207 cm³/mol. The second-order valence-corrected chi connectivity index (χ2v) is 14.5. The SMILES string of the molecule is c1ccc(-n2c3ccccc3c3oc4c(-c5ccc(-c6cccc7c6sc6ccccc67)c6c5sc5ccccc56)cccc4c32)cc1. The van der Waals surface area contributed by atoms with Crippen molar-refractivity contribution in [3.05, 3.63) is 152 Å². The number of rotatable bonds is 3. The molecule has 2 nitrogen and oxygen atoms in total. The molecule has 0 saturated heterocycles. The third kappa shape index (κ3) is 3.56. The van der Waals surface area contributed by atoms with Crippen LogP contribution in [-0.2, 0) is 0 Å². The van der Waals surface area contributed by atoms with Crippen molar-refractivity contribution in [2.24, 2.45) is 0 Å². The molecule has 0 aliphatic heterocycles. The highest BCUT2D eigenvalue weighted by Crippen LogP contribution is 2.50. The molecule has 0 unspecified atom stereocenters. The highest BCUT2D eigenvalue weighted by atomic mass is 32.1. The van der Waals surface area contributed by atoms with Gasteiger partial charge in [0.15, 0.2) is 5.58 Å². The first-order valence-electron chi connectivity index (χ1n) is 16.2. The predicted octanol–water partition coefficient (Wildman–Crippen LogP) is 13.6. The minimum Gasteiger partial charge on any atom is -0.453 e. The molecule has 0 bridgehead atoms. The van der Waals surface area contributed by atoms with Gasteiger partial charge >= 0.3 is 0 Å². The summed E-state index contributed by atoms with van der Waals surface area (Å²) in [6.07, 6.45) is 0. The van der Waals surface area contributed by atoms with Gasteiger partial charge in [-0.15, -0.1) is 22.7 Å². The Balaban J connectivity index is 1.22. The lowest BCUT2D eigenvalue weighted by Crippen LogP contribution is -1.93. The van der Waals surface area contributed by atoms with Gasteiger partial charge in [-0.25, -0.2) is 0 Å². The molecule has 4 heteroatoms. The van der Waals surface area contributed by atoms with Crippen molar-refractivity contribution in [3.8, 4) is 27.9 Å². The van der Waals surface area contributed by atoms with E-state index in [1.807, 2.05) is 22.7 Å². The Morgan fingerprint density at radius 1 is 0.396 bits per heavy atom. The number of fused-ring (bicyclic) bond motifs is 11. The number of hydrogen-bond donors (Lipinski definition) is 0. The molecule has 4 heterocycles. The lowest BCUT2D eigenvalue weighted by Gasteiger charge is -2.11. The summed E-state index contributed by atoms with van der Waals surface area (Å²) in [5.74, 6) is 0. The van der Waals surface area contributed by atoms with Crippen LogP contribution in [0.15, 0.2) is 156 Å². The average Bonchev–Trinajstić information content (AvgIpc) is 3.90. The molecule has 0 spiro atoms. The first kappa shape index (κ1) is 26.4. The van der Waals surface area contributed by atoms with E-state index in [9.17, 15) is 0 Å². The van der Waals surface area contributed by atoms with Crippen molar-refractivity contribution >= 4 is 96.0 Å². The Bertz CT molecular complexity index is 3060. The summed E-state index contributed by atoms with van der Waals surface area (Å²) in [5.41, 5.74) is 10.1. The van der Waals surface area contributed by atoms with Crippen LogP contribution < -0.4 is 0 Å². The van der Waals surface area contributed by atoms with E-state index in [0.29, 0.717) is 0 Å². The maximum Gasteiger partial charge on any atom is 0.161 e. The molecule has 224 valence electrons. The summed E-state index contributed by atoms with van der Waals surface area (Å²) >= 11 is 3.77. The first-order valence-corrected chi connectivity index (χ1v) is 17.8. The van der Waals surface area contributed by atoms with Crippen LogP contribution in [-0.4, -0.2) is 4.57 Å². The number of nitrogens with zero attached hydrogens (tertiary/aromatic N) is 1. The molecule has 7 aromatic carbocycles. The minimum atomic E-state index is 0.927. The van der Waals surface area contributed by atoms with Crippen molar-refractivity contribution < 1.29 is 4.42 Å². The van der Waals surface area contributed by atoms with E-state index in [1.54, 1.807) is 0 Å². The van der Waals surface area contributed by atoms with Gasteiger partial charge in [0.2, 0.25) is 0 Å². The quantitative estimate of drug-likeness (QED) is 0.187. The minimum absolute atomic E-state index is 0.927. The Hall–Kier alpha value is -5.68. The second-order valence-electron chi connectivity index (χ2n) is 12.4. The number of furan rings is 1. The fourth-order valence-electron chi connectivity index (χ4n) is 7.77. The van der Waals surface area contributed by atoms with Crippen LogP contribution >= 0.6 is 22.7 Å². The van der Waals surface area contributed by atoms with Gasteiger partial charge < -0.3 is 8.98 Å². The van der Waals surface area contributed by atoms with Crippen molar-refractivity contribution in [2.45, 2.75) is 0 Å². The Kier molecular flexibility index (Phi) is 5.45. The maximum atomic E-state index is 6.97. The third-order valence-corrected chi connectivity index (χ3v) is 12.3. The zero-order valence-corrected chi connectivity index (χ0v) is 27.2. The maximum absolute atomic E-state index is 6.97. The Morgan fingerprint density at radius 2 is 1.00 bits per heavy atom. The van der Waals surface area contributed by atoms with Crippen molar-refractivity contribution in [1.82, 2.24) is 4.57 Å². The topological polar surface area (TPSA) is 18.1 Å². The molecule has 0 N–H and O–H groups in total. The molecule has 0 saturated carbocycles. The van der Waals surface area contributed by atoms with Crippen LogP contribution in [0, 0.1) is 0 Å². The summed E-state index contributed by atoms with van der Waals surface area (Å²) in [7, 11) is 0. The number of aromatic nitrogens is 1. The van der Waals surface area contributed by atoms with Gasteiger partial charge in [-0.1, -0.05) is 109 Å². The number of para-hydroxylation sites is 3. The van der Waals surface area contributed by atoms with E-state index in [1.165, 1.54) is 57.0 Å². The van der Waals surface area contributed by atoms with Crippen LogP contribution in [0.3, 0.4) is 0 Å². The van der Waals surface area contributed by atoms with Gasteiger partial charge in [-0.3, -0.25) is 0 Å². The largest absolute Gasteiger partial charge is 0.453 e. The molecular formula is C44H25NOS2. The second kappa shape index (κ2) is 9.91. The molecular weight excluding hydrogens is 623 g/mol. The van der Waals surface area contributed by atoms with Crippen LogP contribution in [0.4, 0.5) is 0 Å². The van der Waals surface area contributed by atoms with Gasteiger partial charge in [0.1, 0.15) is 11.1 Å². The van der Waals surface area contributed by atoms with Crippen molar-refractivity contribution in [3.63, 3.8) is 0 Å². The van der Waals surface area contributed by atoms with E-state index in [4.69, 9.17) is 4.42 Å².